The maximum Gasteiger partial charge on any atom is 0.240 e. The maximum atomic E-state index is 11.6. The van der Waals surface area contributed by atoms with Gasteiger partial charge in [0.25, 0.3) is 0 Å². The van der Waals surface area contributed by atoms with E-state index in [1.807, 2.05) is 4.90 Å². The molecule has 0 saturated carbocycles. The Kier molecular flexibility index (Phi) is 3.43. The van der Waals surface area contributed by atoms with Crippen LogP contribution in [0.15, 0.2) is 18.5 Å². The number of likely N-dealkylation sites (tertiary alicyclic amines) is 1. The number of amides is 1. The molecule has 0 aliphatic carbocycles. The van der Waals surface area contributed by atoms with Crippen LogP contribution in [0.2, 0.25) is 0 Å². The van der Waals surface area contributed by atoms with E-state index in [0.29, 0.717) is 12.5 Å². The first-order valence-corrected chi connectivity index (χ1v) is 5.29. The van der Waals surface area contributed by atoms with Gasteiger partial charge in [0, 0.05) is 31.5 Å². The van der Waals surface area contributed by atoms with E-state index in [1.54, 1.807) is 18.5 Å². The minimum absolute atomic E-state index is 0.0969. The van der Waals surface area contributed by atoms with E-state index in [9.17, 15) is 4.79 Å². The van der Waals surface area contributed by atoms with Gasteiger partial charge in [0.15, 0.2) is 0 Å². The molecule has 1 amide bonds. The van der Waals surface area contributed by atoms with Crippen LogP contribution in [0.25, 0.3) is 0 Å². The van der Waals surface area contributed by atoms with Crippen LogP contribution in [0.3, 0.4) is 0 Å². The van der Waals surface area contributed by atoms with Crippen molar-refractivity contribution in [3.63, 3.8) is 0 Å². The lowest BCUT2D eigenvalue weighted by molar-refractivity contribution is -0.117. The van der Waals surface area contributed by atoms with Gasteiger partial charge in [0.05, 0.1) is 6.54 Å². The first kappa shape index (κ1) is 11.0. The molecule has 1 saturated heterocycles. The van der Waals surface area contributed by atoms with Crippen molar-refractivity contribution < 1.29 is 4.79 Å². The van der Waals surface area contributed by atoms with Gasteiger partial charge in [-0.2, -0.15) is 0 Å². The normalized spacial score (nSPS) is 20.9. The summed E-state index contributed by atoms with van der Waals surface area (Å²) >= 11 is 0. The summed E-state index contributed by atoms with van der Waals surface area (Å²) in [4.78, 5) is 21.5. The highest BCUT2D eigenvalue weighted by atomic mass is 16.2. The van der Waals surface area contributed by atoms with Crippen LogP contribution in [-0.4, -0.2) is 46.5 Å². The third-order valence-electron chi connectivity index (χ3n) is 2.49. The lowest BCUT2D eigenvalue weighted by Gasteiger charge is -2.13. The molecule has 1 aromatic rings. The van der Waals surface area contributed by atoms with E-state index in [0.717, 1.165) is 19.5 Å². The maximum absolute atomic E-state index is 11.6. The Morgan fingerprint density at radius 3 is 2.94 bits per heavy atom. The summed E-state index contributed by atoms with van der Waals surface area (Å²) in [7, 11) is 0. The van der Waals surface area contributed by atoms with Gasteiger partial charge in [-0.3, -0.25) is 15.0 Å². The number of aromatic nitrogens is 2. The molecule has 0 spiro atoms. The molecule has 1 aromatic heterocycles. The molecule has 86 valence electrons. The molecule has 1 aliphatic rings. The molecule has 3 N–H and O–H groups in total. The first-order valence-electron chi connectivity index (χ1n) is 5.29. The number of nitrogens with two attached hydrogens (primary N) is 1. The number of carbonyl (C=O) groups excluding carboxylic acids is 1. The number of hydrogen-bond donors (Lipinski definition) is 2. The second-order valence-electron chi connectivity index (χ2n) is 3.90. The van der Waals surface area contributed by atoms with Gasteiger partial charge in [-0.1, -0.05) is 0 Å². The standard InChI is InChI=1S/C10H15N5O/c11-8-2-5-15(6-8)7-9(16)14-10-12-3-1-4-13-10/h1,3-4,8H,2,5-7,11H2,(H,12,13,14,16)/t8-/m0/s1. The average molecular weight is 221 g/mol. The Bertz CT molecular complexity index is 355. The SMILES string of the molecule is N[C@H]1CCN(CC(=O)Nc2ncccn2)C1. The van der Waals surface area contributed by atoms with Crippen molar-refractivity contribution in [1.29, 1.82) is 0 Å². The summed E-state index contributed by atoms with van der Waals surface area (Å²) < 4.78 is 0. The number of nitrogens with zero attached hydrogens (tertiary/aromatic N) is 3. The predicted molar refractivity (Wildman–Crippen MR) is 59.7 cm³/mol. The van der Waals surface area contributed by atoms with E-state index < -0.39 is 0 Å². The van der Waals surface area contributed by atoms with E-state index in [-0.39, 0.29) is 11.9 Å². The molecule has 0 bridgehead atoms. The Labute approximate surface area is 93.9 Å². The molecular weight excluding hydrogens is 206 g/mol. The second-order valence-corrected chi connectivity index (χ2v) is 3.90. The van der Waals surface area contributed by atoms with Crippen molar-refractivity contribution in [2.24, 2.45) is 5.73 Å². The Morgan fingerprint density at radius 2 is 2.31 bits per heavy atom. The fourth-order valence-electron chi connectivity index (χ4n) is 1.74. The molecule has 6 nitrogen and oxygen atoms in total. The Morgan fingerprint density at radius 1 is 1.56 bits per heavy atom. The zero-order valence-corrected chi connectivity index (χ0v) is 8.97. The fraction of sp³-hybridized carbons (Fsp3) is 0.500. The number of carbonyl (C=O) groups is 1. The summed E-state index contributed by atoms with van der Waals surface area (Å²) in [6.45, 7) is 2.01. The van der Waals surface area contributed by atoms with E-state index in [4.69, 9.17) is 5.73 Å². The van der Waals surface area contributed by atoms with Gasteiger partial charge < -0.3 is 5.73 Å². The van der Waals surface area contributed by atoms with Crippen molar-refractivity contribution in [3.8, 4) is 0 Å². The van der Waals surface area contributed by atoms with Crippen molar-refractivity contribution in [3.05, 3.63) is 18.5 Å². The summed E-state index contributed by atoms with van der Waals surface area (Å²) in [6.07, 6.45) is 4.14. The van der Waals surface area contributed by atoms with Gasteiger partial charge in [0.1, 0.15) is 0 Å². The van der Waals surface area contributed by atoms with E-state index >= 15 is 0 Å². The molecule has 2 rings (SSSR count). The van der Waals surface area contributed by atoms with Gasteiger partial charge in [0.2, 0.25) is 11.9 Å². The summed E-state index contributed by atoms with van der Waals surface area (Å²) in [5.41, 5.74) is 5.76. The predicted octanol–water partition coefficient (Wildman–Crippen LogP) is -0.552. The summed E-state index contributed by atoms with van der Waals surface area (Å²) in [5, 5.41) is 2.64. The minimum atomic E-state index is -0.0969. The lowest BCUT2D eigenvalue weighted by Crippen LogP contribution is -2.34. The van der Waals surface area contributed by atoms with Gasteiger partial charge in [-0.25, -0.2) is 9.97 Å². The van der Waals surface area contributed by atoms with Crippen LogP contribution < -0.4 is 11.1 Å². The molecular formula is C10H15N5O. The number of anilines is 1. The smallest absolute Gasteiger partial charge is 0.240 e. The molecule has 0 aromatic carbocycles. The highest BCUT2D eigenvalue weighted by Gasteiger charge is 2.21. The van der Waals surface area contributed by atoms with E-state index in [1.165, 1.54) is 0 Å². The number of nitrogens with one attached hydrogen (secondary N) is 1. The monoisotopic (exact) mass is 221 g/mol. The van der Waals surface area contributed by atoms with Crippen LogP contribution in [0.5, 0.6) is 0 Å². The third-order valence-corrected chi connectivity index (χ3v) is 2.49. The van der Waals surface area contributed by atoms with Crippen molar-refractivity contribution >= 4 is 11.9 Å². The number of hydrogen-bond acceptors (Lipinski definition) is 5. The molecule has 1 aliphatic heterocycles. The second kappa shape index (κ2) is 5.00. The van der Waals surface area contributed by atoms with Gasteiger partial charge >= 0.3 is 0 Å². The summed E-state index contributed by atoms with van der Waals surface area (Å²) in [5.74, 6) is 0.247. The van der Waals surface area contributed by atoms with Crippen molar-refractivity contribution in [2.75, 3.05) is 25.0 Å². The highest BCUT2D eigenvalue weighted by molar-refractivity contribution is 5.90. The zero-order chi connectivity index (χ0) is 11.4. The molecule has 6 heteroatoms. The minimum Gasteiger partial charge on any atom is -0.326 e. The Hall–Kier alpha value is -1.53. The largest absolute Gasteiger partial charge is 0.326 e. The molecule has 1 fully saturated rings. The van der Waals surface area contributed by atoms with Crippen molar-refractivity contribution in [1.82, 2.24) is 14.9 Å². The molecule has 2 heterocycles. The zero-order valence-electron chi connectivity index (χ0n) is 8.97. The highest BCUT2D eigenvalue weighted by Crippen LogP contribution is 2.06. The lowest BCUT2D eigenvalue weighted by atomic mass is 10.3. The fourth-order valence-corrected chi connectivity index (χ4v) is 1.74. The molecule has 16 heavy (non-hydrogen) atoms. The van der Waals surface area contributed by atoms with Crippen LogP contribution in [0, 0.1) is 0 Å². The van der Waals surface area contributed by atoms with Gasteiger partial charge in [-0.05, 0) is 12.5 Å². The van der Waals surface area contributed by atoms with Gasteiger partial charge in [-0.15, -0.1) is 0 Å². The molecule has 0 unspecified atom stereocenters. The quantitative estimate of drug-likeness (QED) is 0.715. The average Bonchev–Trinajstić information content (AvgIpc) is 2.65. The van der Waals surface area contributed by atoms with Crippen LogP contribution in [-0.2, 0) is 4.79 Å². The van der Waals surface area contributed by atoms with Crippen molar-refractivity contribution in [2.45, 2.75) is 12.5 Å². The Balaban J connectivity index is 1.81. The first-order chi connectivity index (χ1) is 7.74. The topological polar surface area (TPSA) is 84.1 Å². The van der Waals surface area contributed by atoms with E-state index in [2.05, 4.69) is 15.3 Å². The third kappa shape index (κ3) is 2.98. The molecule has 0 radical (unpaired) electrons. The number of rotatable bonds is 3. The van der Waals surface area contributed by atoms with Crippen LogP contribution in [0.1, 0.15) is 6.42 Å². The summed E-state index contributed by atoms with van der Waals surface area (Å²) in [6, 6.07) is 1.90. The molecule has 1 atom stereocenters. The van der Waals surface area contributed by atoms with Crippen LogP contribution >= 0.6 is 0 Å². The van der Waals surface area contributed by atoms with Crippen LogP contribution in [0.4, 0.5) is 5.95 Å².